The Morgan fingerprint density at radius 1 is 1.10 bits per heavy atom. The number of aromatic nitrogens is 3. The molecule has 3 rings (SSSR count). The Kier molecular flexibility index (Phi) is 3.42. The van der Waals surface area contributed by atoms with Gasteiger partial charge < -0.3 is 4.74 Å². The zero-order valence-electron chi connectivity index (χ0n) is 10.1. The first-order chi connectivity index (χ1) is 9.92. The maximum absolute atomic E-state index is 12.1. The first-order valence-corrected chi connectivity index (χ1v) is 6.81. The third kappa shape index (κ3) is 3.06. The fourth-order valence-corrected chi connectivity index (χ4v) is 2.63. The van der Waals surface area contributed by atoms with Gasteiger partial charge >= 0.3 is 6.36 Å². The van der Waals surface area contributed by atoms with Crippen LogP contribution >= 0.6 is 22.9 Å². The van der Waals surface area contributed by atoms with Gasteiger partial charge in [0.1, 0.15) is 21.8 Å². The number of alkyl halides is 3. The molecule has 0 aliphatic rings. The molecule has 0 fully saturated rings. The zero-order valence-corrected chi connectivity index (χ0v) is 11.6. The van der Waals surface area contributed by atoms with Crippen molar-refractivity contribution in [3.05, 3.63) is 35.1 Å². The van der Waals surface area contributed by atoms with Crippen LogP contribution in [0.1, 0.15) is 0 Å². The molecule has 3 aromatic rings. The highest BCUT2D eigenvalue weighted by atomic mass is 35.5. The molecule has 0 aliphatic carbocycles. The minimum atomic E-state index is -4.72. The van der Waals surface area contributed by atoms with E-state index in [0.717, 1.165) is 0 Å². The van der Waals surface area contributed by atoms with Crippen LogP contribution in [-0.2, 0) is 0 Å². The summed E-state index contributed by atoms with van der Waals surface area (Å²) in [4.78, 5) is 12.9. The number of thiazole rings is 1. The molecule has 0 saturated heterocycles. The zero-order chi connectivity index (χ0) is 15.0. The van der Waals surface area contributed by atoms with Gasteiger partial charge in [-0.25, -0.2) is 15.0 Å². The Labute approximate surface area is 125 Å². The average molecular weight is 332 g/mol. The van der Waals surface area contributed by atoms with Gasteiger partial charge in [0.15, 0.2) is 0 Å². The quantitative estimate of drug-likeness (QED) is 0.657. The molecule has 21 heavy (non-hydrogen) atoms. The molecule has 0 N–H and O–H groups in total. The number of hydrogen-bond donors (Lipinski definition) is 0. The lowest BCUT2D eigenvalue weighted by Crippen LogP contribution is -2.16. The molecule has 0 unspecified atom stereocenters. The molecule has 2 aromatic heterocycles. The summed E-state index contributed by atoms with van der Waals surface area (Å²) in [7, 11) is 0. The van der Waals surface area contributed by atoms with Crippen molar-refractivity contribution in [1.29, 1.82) is 0 Å². The molecule has 2 heterocycles. The van der Waals surface area contributed by atoms with Crippen molar-refractivity contribution >= 4 is 33.3 Å². The van der Waals surface area contributed by atoms with Crippen LogP contribution < -0.4 is 4.74 Å². The van der Waals surface area contributed by atoms with Crippen molar-refractivity contribution in [2.24, 2.45) is 0 Å². The van der Waals surface area contributed by atoms with E-state index in [1.807, 2.05) is 0 Å². The molecular weight excluding hydrogens is 327 g/mol. The molecule has 4 nitrogen and oxygen atoms in total. The fourth-order valence-electron chi connectivity index (χ4n) is 1.75. The molecule has 1 aromatic carbocycles. The van der Waals surface area contributed by atoms with Gasteiger partial charge in [-0.2, -0.15) is 0 Å². The van der Waals surface area contributed by atoms with Gasteiger partial charge in [-0.15, -0.1) is 24.5 Å². The molecule has 0 aliphatic heterocycles. The number of nitrogens with zero attached hydrogens (tertiary/aromatic N) is 3. The van der Waals surface area contributed by atoms with Gasteiger partial charge in [-0.1, -0.05) is 0 Å². The fraction of sp³-hybridized carbons (Fsp3) is 0.0833. The predicted octanol–water partition coefficient (Wildman–Crippen LogP) is 4.31. The summed E-state index contributed by atoms with van der Waals surface area (Å²) in [6.45, 7) is 0. The molecule has 0 bridgehead atoms. The molecule has 0 atom stereocenters. The lowest BCUT2D eigenvalue weighted by Gasteiger charge is -2.09. The minimum Gasteiger partial charge on any atom is -0.406 e. The van der Waals surface area contributed by atoms with E-state index in [-0.39, 0.29) is 11.0 Å². The van der Waals surface area contributed by atoms with E-state index in [9.17, 15) is 13.2 Å². The second kappa shape index (κ2) is 5.12. The van der Waals surface area contributed by atoms with Crippen LogP contribution in [0.3, 0.4) is 0 Å². The predicted molar refractivity (Wildman–Crippen MR) is 72.3 cm³/mol. The van der Waals surface area contributed by atoms with Gasteiger partial charge in [0.2, 0.25) is 5.28 Å². The van der Waals surface area contributed by atoms with Crippen molar-refractivity contribution in [2.45, 2.75) is 6.36 Å². The number of fused-ring (bicyclic) bond motifs is 1. The van der Waals surface area contributed by atoms with Crippen molar-refractivity contribution < 1.29 is 17.9 Å². The second-order valence-electron chi connectivity index (χ2n) is 3.92. The highest BCUT2D eigenvalue weighted by molar-refractivity contribution is 7.16. The Balaban J connectivity index is 2.01. The first kappa shape index (κ1) is 14.0. The van der Waals surface area contributed by atoms with E-state index in [1.165, 1.54) is 35.6 Å². The van der Waals surface area contributed by atoms with Crippen LogP contribution in [0, 0.1) is 0 Å². The van der Waals surface area contributed by atoms with Crippen molar-refractivity contribution in [3.63, 3.8) is 0 Å². The molecule has 0 amide bonds. The smallest absolute Gasteiger partial charge is 0.406 e. The largest absolute Gasteiger partial charge is 0.573 e. The summed E-state index contributed by atoms with van der Waals surface area (Å²) in [5, 5.41) is 0.0531. The van der Waals surface area contributed by atoms with E-state index in [1.54, 1.807) is 5.51 Å². The lowest BCUT2D eigenvalue weighted by molar-refractivity contribution is -0.274. The Bertz CT molecular complexity index is 789. The van der Waals surface area contributed by atoms with Crippen LogP contribution in [0.5, 0.6) is 5.75 Å². The van der Waals surface area contributed by atoms with Gasteiger partial charge in [0, 0.05) is 5.56 Å². The average Bonchev–Trinajstić information content (AvgIpc) is 2.85. The third-order valence-corrected chi connectivity index (χ3v) is 3.42. The molecule has 9 heteroatoms. The topological polar surface area (TPSA) is 47.9 Å². The van der Waals surface area contributed by atoms with Crippen molar-refractivity contribution in [1.82, 2.24) is 15.0 Å². The van der Waals surface area contributed by atoms with E-state index in [0.29, 0.717) is 21.6 Å². The molecule has 0 saturated carbocycles. The number of halogens is 4. The summed E-state index contributed by atoms with van der Waals surface area (Å²) >= 11 is 7.13. The summed E-state index contributed by atoms with van der Waals surface area (Å²) < 4.78 is 40.2. The molecule has 108 valence electrons. The van der Waals surface area contributed by atoms with Gasteiger partial charge in [0.05, 0.1) is 5.51 Å². The Hall–Kier alpha value is -1.93. The Morgan fingerprint density at radius 2 is 1.81 bits per heavy atom. The molecule has 0 spiro atoms. The van der Waals surface area contributed by atoms with Crippen LogP contribution in [0.15, 0.2) is 29.8 Å². The van der Waals surface area contributed by atoms with Crippen molar-refractivity contribution in [3.8, 4) is 17.0 Å². The van der Waals surface area contributed by atoms with E-state index >= 15 is 0 Å². The maximum Gasteiger partial charge on any atom is 0.573 e. The van der Waals surface area contributed by atoms with Crippen LogP contribution in [0.25, 0.3) is 21.6 Å². The lowest BCUT2D eigenvalue weighted by atomic mass is 10.1. The van der Waals surface area contributed by atoms with Gasteiger partial charge in [-0.05, 0) is 35.9 Å². The number of benzene rings is 1. The number of hydrogen-bond acceptors (Lipinski definition) is 5. The van der Waals surface area contributed by atoms with Crippen LogP contribution in [-0.4, -0.2) is 21.3 Å². The normalized spacial score (nSPS) is 11.8. The van der Waals surface area contributed by atoms with E-state index in [4.69, 9.17) is 11.6 Å². The van der Waals surface area contributed by atoms with E-state index in [2.05, 4.69) is 19.7 Å². The van der Waals surface area contributed by atoms with Gasteiger partial charge in [-0.3, -0.25) is 0 Å². The monoisotopic (exact) mass is 331 g/mol. The maximum atomic E-state index is 12.1. The van der Waals surface area contributed by atoms with Crippen LogP contribution in [0.4, 0.5) is 13.2 Å². The second-order valence-corrected chi connectivity index (χ2v) is 5.09. The third-order valence-electron chi connectivity index (χ3n) is 2.53. The number of rotatable bonds is 2. The first-order valence-electron chi connectivity index (χ1n) is 5.55. The summed E-state index contributed by atoms with van der Waals surface area (Å²) in [6, 6.07) is 5.32. The highest BCUT2D eigenvalue weighted by Crippen LogP contribution is 2.30. The van der Waals surface area contributed by atoms with E-state index < -0.39 is 6.36 Å². The standard InChI is InChI=1S/C12H5ClF3N3OS/c13-11-18-8(9-10(19-11)21-5-17-9)6-1-3-7(4-2-6)20-12(14,15)16/h1-5H. The highest BCUT2D eigenvalue weighted by Gasteiger charge is 2.31. The van der Waals surface area contributed by atoms with Crippen molar-refractivity contribution in [2.75, 3.05) is 0 Å². The molecule has 0 radical (unpaired) electrons. The summed E-state index contributed by atoms with van der Waals surface area (Å²) in [6.07, 6.45) is -4.72. The molecular formula is C12H5ClF3N3OS. The minimum absolute atomic E-state index is 0.0531. The summed E-state index contributed by atoms with van der Waals surface area (Å²) in [5.41, 5.74) is 3.18. The van der Waals surface area contributed by atoms with Crippen LogP contribution in [0.2, 0.25) is 5.28 Å². The SMILES string of the molecule is FC(F)(F)Oc1ccc(-c2nc(Cl)nc3scnc23)cc1. The Morgan fingerprint density at radius 3 is 2.48 bits per heavy atom. The van der Waals surface area contributed by atoms with Gasteiger partial charge in [0.25, 0.3) is 0 Å². The summed E-state index contributed by atoms with van der Waals surface area (Å²) in [5.74, 6) is -0.305. The number of ether oxygens (including phenoxy) is 1.